The normalized spacial score (nSPS) is 9.00. The zero-order valence-electron chi connectivity index (χ0n) is 15.7. The van der Waals surface area contributed by atoms with Gasteiger partial charge in [-0.2, -0.15) is 7.11 Å². The second-order valence-corrected chi connectivity index (χ2v) is 5.34. The number of carbonyl (C=O) groups is 2. The maximum absolute atomic E-state index is 10.6. The van der Waals surface area contributed by atoms with Gasteiger partial charge in [0, 0.05) is 43.6 Å². The summed E-state index contributed by atoms with van der Waals surface area (Å²) in [6, 6.07) is 17.9. The van der Waals surface area contributed by atoms with Crippen LogP contribution in [0.25, 0.3) is 21.5 Å². The van der Waals surface area contributed by atoms with Gasteiger partial charge in [-0.3, -0.25) is 9.97 Å². The molecule has 157 valence electrons. The fourth-order valence-electron chi connectivity index (χ4n) is 2.56. The van der Waals surface area contributed by atoms with Crippen molar-refractivity contribution in [2.75, 3.05) is 7.11 Å². The third kappa shape index (κ3) is 6.40. The molecule has 2 aromatic carbocycles. The summed E-state index contributed by atoms with van der Waals surface area (Å²) < 4.78 is 0. The molecule has 0 aliphatic heterocycles. The Morgan fingerprint density at radius 3 is 1.33 bits per heavy atom. The smallest absolute Gasteiger partial charge is 0.0935 e. The third-order valence-corrected chi connectivity index (χ3v) is 3.73. The Kier molecular flexibility index (Phi) is 11.7. The molecule has 0 fully saturated rings. The van der Waals surface area contributed by atoms with Crippen molar-refractivity contribution >= 4 is 33.5 Å². The fraction of sp³-hybridized carbons (Fsp3) is 0.0476. The van der Waals surface area contributed by atoms with Crippen molar-refractivity contribution < 1.29 is 50.8 Å². The van der Waals surface area contributed by atoms with Crippen molar-refractivity contribution in [3.8, 4) is 0 Å². The summed E-state index contributed by atoms with van der Waals surface area (Å²) in [7, 11) is 0.750. The van der Waals surface area contributed by atoms with Crippen LogP contribution in [0.15, 0.2) is 73.1 Å². The Morgan fingerprint density at radius 1 is 0.667 bits per heavy atom. The van der Waals surface area contributed by atoms with Crippen LogP contribution in [0.3, 0.4) is 0 Å². The molecule has 2 aromatic heterocycles. The molecule has 0 saturated heterocycles. The molecule has 4 rings (SSSR count). The molecule has 4 aromatic rings. The average Bonchev–Trinajstić information content (AvgIpc) is 2.74. The standard InChI is InChI=1S/2C10H7NO2.CH3O.O.Re/c2*12-10(13)9-8-4-2-1-3-7(8)5-6-11-9;1-2;;/h2*1-6H,(H,12,13);1H3;;/q;;-1;-2;/p-2. The van der Waals surface area contributed by atoms with E-state index in [2.05, 4.69) is 9.97 Å². The topological polar surface area (TPSA) is 158 Å². The first kappa shape index (κ1) is 26.8. The minimum Gasteiger partial charge on any atom is -2.00 e. The van der Waals surface area contributed by atoms with Gasteiger partial charge in [-0.1, -0.05) is 48.5 Å². The van der Waals surface area contributed by atoms with E-state index in [1.165, 1.54) is 12.4 Å². The number of nitrogens with zero attached hydrogens (tertiary/aromatic N) is 2. The van der Waals surface area contributed by atoms with Gasteiger partial charge in [0.1, 0.15) is 0 Å². The number of carbonyl (C=O) groups excluding carboxylic acids is 2. The van der Waals surface area contributed by atoms with Crippen molar-refractivity contribution in [1.29, 1.82) is 0 Å². The minimum absolute atomic E-state index is 0. The van der Waals surface area contributed by atoms with E-state index in [1.807, 2.05) is 24.3 Å². The van der Waals surface area contributed by atoms with Crippen LogP contribution in [-0.2, 0) is 25.9 Å². The zero-order chi connectivity index (χ0) is 20.5. The van der Waals surface area contributed by atoms with E-state index >= 15 is 0 Å². The van der Waals surface area contributed by atoms with Gasteiger partial charge in [-0.05, 0) is 22.9 Å². The number of rotatable bonds is 2. The van der Waals surface area contributed by atoms with Gasteiger partial charge in [0.15, 0.2) is 0 Å². The van der Waals surface area contributed by atoms with E-state index in [4.69, 9.17) is 5.11 Å². The number of aromatic nitrogens is 2. The van der Waals surface area contributed by atoms with Crippen LogP contribution in [0, 0.1) is 0 Å². The third-order valence-electron chi connectivity index (χ3n) is 3.73. The van der Waals surface area contributed by atoms with Crippen LogP contribution in [0.4, 0.5) is 0 Å². The summed E-state index contributed by atoms with van der Waals surface area (Å²) in [5.74, 6) is -2.48. The number of pyridine rings is 2. The van der Waals surface area contributed by atoms with Crippen molar-refractivity contribution in [2.24, 2.45) is 0 Å². The van der Waals surface area contributed by atoms with Gasteiger partial charge >= 0.3 is 0 Å². The van der Waals surface area contributed by atoms with Gasteiger partial charge < -0.3 is 30.4 Å². The van der Waals surface area contributed by atoms with Crippen LogP contribution in [0.1, 0.15) is 21.0 Å². The number of benzene rings is 2. The summed E-state index contributed by atoms with van der Waals surface area (Å²) in [4.78, 5) is 28.8. The monoisotopic (exact) mass is 578 g/mol. The van der Waals surface area contributed by atoms with Crippen molar-refractivity contribution in [3.63, 3.8) is 0 Å². The Balaban J connectivity index is 0.000000488. The first-order valence-corrected chi connectivity index (χ1v) is 8.09. The van der Waals surface area contributed by atoms with Crippen LogP contribution >= 0.6 is 0 Å². The Morgan fingerprint density at radius 2 is 1.00 bits per heavy atom. The fourth-order valence-corrected chi connectivity index (χ4v) is 2.56. The molecule has 0 N–H and O–H groups in total. The van der Waals surface area contributed by atoms with Crippen molar-refractivity contribution in [3.05, 3.63) is 84.4 Å². The molecule has 0 unspecified atom stereocenters. The quantitative estimate of drug-likeness (QED) is 0.326. The average molecular weight is 578 g/mol. The van der Waals surface area contributed by atoms with Crippen LogP contribution in [0.5, 0.6) is 0 Å². The predicted molar refractivity (Wildman–Crippen MR) is 98.8 cm³/mol. The maximum atomic E-state index is 10.6. The van der Waals surface area contributed by atoms with Gasteiger partial charge in [0.05, 0.1) is 23.3 Å². The Hall–Kier alpha value is -3.22. The zero-order valence-corrected chi connectivity index (χ0v) is 18.4. The molecule has 0 aliphatic rings. The van der Waals surface area contributed by atoms with Crippen LogP contribution in [-0.4, -0.2) is 29.0 Å². The number of hydrogen-bond acceptors (Lipinski definition) is 7. The summed E-state index contributed by atoms with van der Waals surface area (Å²) in [6.07, 6.45) is 2.93. The molecule has 0 saturated carbocycles. The summed E-state index contributed by atoms with van der Waals surface area (Å²) in [5, 5.41) is 32.5. The molecule has 0 spiro atoms. The van der Waals surface area contributed by atoms with E-state index in [9.17, 15) is 19.8 Å². The number of aromatic carboxylic acids is 2. The van der Waals surface area contributed by atoms with E-state index in [0.717, 1.165) is 17.9 Å². The van der Waals surface area contributed by atoms with Crippen LogP contribution in [0.2, 0.25) is 0 Å². The molecule has 9 heteroatoms. The molecular formula is C21H15N2O6Re-5. The number of fused-ring (bicyclic) bond motifs is 2. The van der Waals surface area contributed by atoms with E-state index in [0.29, 0.717) is 10.8 Å². The van der Waals surface area contributed by atoms with Gasteiger partial charge in [0.2, 0.25) is 0 Å². The van der Waals surface area contributed by atoms with E-state index in [-0.39, 0.29) is 37.3 Å². The number of carboxylic acids is 2. The SMILES string of the molecule is C[O-].O=C([O-])c1nccc2ccccc12.O=C([O-])c1nccc2ccccc12.[O-2].[Re]. The first-order valence-electron chi connectivity index (χ1n) is 8.09. The summed E-state index contributed by atoms with van der Waals surface area (Å²) >= 11 is 0. The predicted octanol–water partition coefficient (Wildman–Crippen LogP) is 0.0518. The summed E-state index contributed by atoms with van der Waals surface area (Å²) in [5.41, 5.74) is -0.00352. The number of carboxylic acid groups (broad SMARTS) is 2. The Labute approximate surface area is 185 Å². The van der Waals surface area contributed by atoms with Crippen LogP contribution < -0.4 is 15.3 Å². The molecule has 0 amide bonds. The number of hydrogen-bond donors (Lipinski definition) is 0. The molecule has 30 heavy (non-hydrogen) atoms. The molecule has 8 nitrogen and oxygen atoms in total. The largest absolute Gasteiger partial charge is 2.00 e. The molecule has 0 aliphatic carbocycles. The second kappa shape index (κ2) is 13.1. The van der Waals surface area contributed by atoms with Gasteiger partial charge in [0.25, 0.3) is 0 Å². The Bertz CT molecular complexity index is 1020. The minimum atomic E-state index is -1.24. The molecule has 0 atom stereocenters. The van der Waals surface area contributed by atoms with Gasteiger partial charge in [-0.15, -0.1) is 0 Å². The second-order valence-electron chi connectivity index (χ2n) is 5.34. The van der Waals surface area contributed by atoms with Crippen molar-refractivity contribution in [2.45, 2.75) is 0 Å². The maximum Gasteiger partial charge on any atom is 0.0935 e. The first-order chi connectivity index (χ1) is 13.6. The summed E-state index contributed by atoms with van der Waals surface area (Å²) in [6.45, 7) is 0. The molecule has 2 heterocycles. The molecule has 1 radical (unpaired) electrons. The van der Waals surface area contributed by atoms with Gasteiger partial charge in [-0.25, -0.2) is 0 Å². The van der Waals surface area contributed by atoms with E-state index in [1.54, 1.807) is 36.4 Å². The molecular weight excluding hydrogens is 562 g/mol. The van der Waals surface area contributed by atoms with Crippen molar-refractivity contribution in [1.82, 2.24) is 9.97 Å². The van der Waals surface area contributed by atoms with E-state index < -0.39 is 11.9 Å². The molecule has 0 bridgehead atoms.